The molecule has 0 aliphatic carbocycles. The number of hydrogen-bond acceptors (Lipinski definition) is 4. The van der Waals surface area contributed by atoms with Gasteiger partial charge in [-0.25, -0.2) is 0 Å². The van der Waals surface area contributed by atoms with Crippen LogP contribution in [-0.2, 0) is 9.59 Å². The molecule has 0 saturated heterocycles. The molecule has 1 atom stereocenters. The van der Waals surface area contributed by atoms with Crippen LogP contribution in [0, 0.1) is 0 Å². The summed E-state index contributed by atoms with van der Waals surface area (Å²) < 4.78 is 0. The van der Waals surface area contributed by atoms with Gasteiger partial charge < -0.3 is 10.2 Å². The molecule has 0 aliphatic rings. The molecule has 6 nitrogen and oxygen atoms in total. The van der Waals surface area contributed by atoms with E-state index in [2.05, 4.69) is 0 Å². The third-order valence-corrected chi connectivity index (χ3v) is 5.94. The predicted octanol–water partition coefficient (Wildman–Crippen LogP) is 6.51. The quantitative estimate of drug-likeness (QED) is 0.250. The number of carbonyl (C=O) groups excluding carboxylic acids is 2. The maximum absolute atomic E-state index is 12.2. The zero-order chi connectivity index (χ0) is 27.5. The molecule has 192 valence electrons. The number of hydrogen-bond donors (Lipinski definition) is 2. The van der Waals surface area contributed by atoms with Gasteiger partial charge in [0.15, 0.2) is 11.6 Å². The Labute approximate surface area is 221 Å². The predicted molar refractivity (Wildman–Crippen MR) is 145 cm³/mol. The molecule has 0 fully saturated rings. The number of carboxylic acids is 2. The molecule has 0 aliphatic heterocycles. The van der Waals surface area contributed by atoms with E-state index in [0.29, 0.717) is 22.3 Å². The summed E-state index contributed by atoms with van der Waals surface area (Å²) >= 11 is 0. The smallest absolute Gasteiger partial charge is 0.310 e. The van der Waals surface area contributed by atoms with Gasteiger partial charge in [0.25, 0.3) is 0 Å². The lowest BCUT2D eigenvalue weighted by molar-refractivity contribution is -0.138. The van der Waals surface area contributed by atoms with E-state index in [1.54, 1.807) is 67.6 Å². The first-order valence-corrected chi connectivity index (χ1v) is 12.1. The summed E-state index contributed by atoms with van der Waals surface area (Å²) in [5, 5.41) is 17.5. The average Bonchev–Trinajstić information content (AvgIpc) is 2.96. The van der Waals surface area contributed by atoms with Gasteiger partial charge in [-0.05, 0) is 29.7 Å². The molecule has 0 saturated carbocycles. The van der Waals surface area contributed by atoms with E-state index >= 15 is 0 Å². The van der Waals surface area contributed by atoms with Crippen molar-refractivity contribution in [3.8, 4) is 11.1 Å². The number of ketones is 2. The summed E-state index contributed by atoms with van der Waals surface area (Å²) in [5.41, 5.74) is 4.43. The van der Waals surface area contributed by atoms with E-state index in [1.807, 2.05) is 48.5 Å². The van der Waals surface area contributed by atoms with Gasteiger partial charge in [0.05, 0.1) is 12.3 Å². The van der Waals surface area contributed by atoms with Crippen molar-refractivity contribution in [3.63, 3.8) is 0 Å². The fraction of sp³-hybridized carbons (Fsp3) is 0.125. The van der Waals surface area contributed by atoms with E-state index in [9.17, 15) is 19.2 Å². The minimum Gasteiger partial charge on any atom is -0.481 e. The van der Waals surface area contributed by atoms with E-state index < -0.39 is 17.9 Å². The van der Waals surface area contributed by atoms with Gasteiger partial charge in [0, 0.05) is 23.1 Å². The van der Waals surface area contributed by atoms with Crippen LogP contribution >= 0.6 is 0 Å². The first-order chi connectivity index (χ1) is 18.3. The molecule has 0 spiro atoms. The van der Waals surface area contributed by atoms with Crippen LogP contribution in [0.2, 0.25) is 0 Å². The second kappa shape index (κ2) is 13.5. The zero-order valence-corrected chi connectivity index (χ0v) is 20.9. The summed E-state index contributed by atoms with van der Waals surface area (Å²) in [7, 11) is 0. The summed E-state index contributed by atoms with van der Waals surface area (Å²) in [5.74, 6) is -2.70. The molecule has 0 amide bonds. The SMILES string of the molecule is CC(C(=O)O)c1cccc(C(=O)c2ccccc2)c1.O=C(O)CCC(=O)c1ccc(-c2ccccc2)cc1. The Kier molecular flexibility index (Phi) is 9.83. The van der Waals surface area contributed by atoms with Crippen LogP contribution in [0.3, 0.4) is 0 Å². The molecule has 4 rings (SSSR count). The van der Waals surface area contributed by atoms with Crippen LogP contribution in [0.15, 0.2) is 109 Å². The van der Waals surface area contributed by atoms with Crippen molar-refractivity contribution < 1.29 is 29.4 Å². The normalized spacial score (nSPS) is 11.0. The van der Waals surface area contributed by atoms with Crippen molar-refractivity contribution in [2.24, 2.45) is 0 Å². The van der Waals surface area contributed by atoms with Gasteiger partial charge in [-0.2, -0.15) is 0 Å². The molecule has 6 heteroatoms. The Morgan fingerprint density at radius 2 is 1.16 bits per heavy atom. The molecule has 1 unspecified atom stereocenters. The lowest BCUT2D eigenvalue weighted by atomic mass is 9.96. The third-order valence-electron chi connectivity index (χ3n) is 5.94. The van der Waals surface area contributed by atoms with Gasteiger partial charge in [0.1, 0.15) is 0 Å². The molecular formula is C32H28O6. The average molecular weight is 509 g/mol. The number of benzene rings is 4. The van der Waals surface area contributed by atoms with Crippen LogP contribution in [0.25, 0.3) is 11.1 Å². The van der Waals surface area contributed by atoms with E-state index in [-0.39, 0.29) is 24.4 Å². The maximum Gasteiger partial charge on any atom is 0.310 e. The van der Waals surface area contributed by atoms with Crippen molar-refractivity contribution in [1.82, 2.24) is 0 Å². The van der Waals surface area contributed by atoms with Gasteiger partial charge in [-0.3, -0.25) is 19.2 Å². The fourth-order valence-corrected chi connectivity index (χ4v) is 3.69. The van der Waals surface area contributed by atoms with Crippen molar-refractivity contribution in [2.75, 3.05) is 0 Å². The summed E-state index contributed by atoms with van der Waals surface area (Å²) in [6.45, 7) is 1.61. The highest BCUT2D eigenvalue weighted by molar-refractivity contribution is 6.09. The van der Waals surface area contributed by atoms with Crippen LogP contribution in [0.5, 0.6) is 0 Å². The molecule has 0 bridgehead atoms. The lowest BCUT2D eigenvalue weighted by Gasteiger charge is -2.08. The highest BCUT2D eigenvalue weighted by Gasteiger charge is 2.16. The molecule has 38 heavy (non-hydrogen) atoms. The highest BCUT2D eigenvalue weighted by Crippen LogP contribution is 2.20. The molecule has 2 N–H and O–H groups in total. The Balaban J connectivity index is 0.000000211. The maximum atomic E-state index is 12.2. The van der Waals surface area contributed by atoms with Gasteiger partial charge in [0.2, 0.25) is 0 Å². The molecular weight excluding hydrogens is 480 g/mol. The van der Waals surface area contributed by atoms with Gasteiger partial charge >= 0.3 is 11.9 Å². The van der Waals surface area contributed by atoms with Crippen LogP contribution in [0.1, 0.15) is 57.5 Å². The van der Waals surface area contributed by atoms with Crippen molar-refractivity contribution in [1.29, 1.82) is 0 Å². The minimum atomic E-state index is -0.950. The Morgan fingerprint density at radius 1 is 0.605 bits per heavy atom. The molecule has 0 radical (unpaired) electrons. The summed E-state index contributed by atoms with van der Waals surface area (Å²) in [6, 6.07) is 32.8. The molecule has 4 aromatic rings. The van der Waals surface area contributed by atoms with Gasteiger partial charge in [-0.15, -0.1) is 0 Å². The topological polar surface area (TPSA) is 109 Å². The van der Waals surface area contributed by atoms with Crippen LogP contribution < -0.4 is 0 Å². The van der Waals surface area contributed by atoms with Crippen molar-refractivity contribution in [3.05, 3.63) is 131 Å². The van der Waals surface area contributed by atoms with E-state index in [0.717, 1.165) is 11.1 Å². The first-order valence-electron chi connectivity index (χ1n) is 12.1. The first kappa shape index (κ1) is 27.7. The second-order valence-corrected chi connectivity index (χ2v) is 8.64. The number of aliphatic carboxylic acids is 2. The number of Topliss-reactive ketones (excluding diaryl/α,β-unsaturated/α-hetero) is 1. The number of carboxylic acid groups (broad SMARTS) is 2. The Hall–Kier alpha value is -4.84. The number of rotatable bonds is 9. The minimum absolute atomic E-state index is 0.0417. The van der Waals surface area contributed by atoms with Crippen LogP contribution in [-0.4, -0.2) is 33.7 Å². The largest absolute Gasteiger partial charge is 0.481 e. The lowest BCUT2D eigenvalue weighted by Crippen LogP contribution is -2.09. The van der Waals surface area contributed by atoms with Crippen molar-refractivity contribution >= 4 is 23.5 Å². The summed E-state index contributed by atoms with van der Waals surface area (Å²) in [4.78, 5) is 45.4. The summed E-state index contributed by atoms with van der Waals surface area (Å²) in [6.07, 6.45) is -0.0840. The second-order valence-electron chi connectivity index (χ2n) is 8.64. The van der Waals surface area contributed by atoms with E-state index in [1.165, 1.54) is 0 Å². The zero-order valence-electron chi connectivity index (χ0n) is 20.9. The number of carbonyl (C=O) groups is 4. The Bertz CT molecular complexity index is 1390. The van der Waals surface area contributed by atoms with E-state index in [4.69, 9.17) is 10.2 Å². The van der Waals surface area contributed by atoms with Crippen LogP contribution in [0.4, 0.5) is 0 Å². The molecule has 0 heterocycles. The Morgan fingerprint density at radius 3 is 1.74 bits per heavy atom. The third kappa shape index (κ3) is 7.83. The van der Waals surface area contributed by atoms with Crippen molar-refractivity contribution in [2.45, 2.75) is 25.7 Å². The highest BCUT2D eigenvalue weighted by atomic mass is 16.4. The fourth-order valence-electron chi connectivity index (χ4n) is 3.69. The molecule has 0 aromatic heterocycles. The molecule has 4 aromatic carbocycles. The standard InChI is InChI=1S/2C16H14O3/c1-11(16(18)19)13-8-5-9-14(10-13)15(17)12-6-3-2-4-7-12;17-15(10-11-16(18)19)14-8-6-13(7-9-14)12-4-2-1-3-5-12/h2-11H,1H3,(H,18,19);1-9H,10-11H2,(H,18,19). The monoisotopic (exact) mass is 508 g/mol. The van der Waals surface area contributed by atoms with Gasteiger partial charge in [-0.1, -0.05) is 103 Å².